The summed E-state index contributed by atoms with van der Waals surface area (Å²) in [6, 6.07) is 4.48. The molecule has 3 aliphatic rings. The van der Waals surface area contributed by atoms with Gasteiger partial charge in [-0.3, -0.25) is 9.79 Å². The fraction of sp³-hybridized carbons (Fsp3) is 0.500. The highest BCUT2D eigenvalue weighted by molar-refractivity contribution is 8.15. The van der Waals surface area contributed by atoms with E-state index in [4.69, 9.17) is 15.2 Å². The molecule has 3 atom stereocenters. The number of ether oxygens (including phenoxy) is 2. The summed E-state index contributed by atoms with van der Waals surface area (Å²) in [5, 5.41) is 3.20. The van der Waals surface area contributed by atoms with E-state index in [-0.39, 0.29) is 21.8 Å². The number of thioether (sulfide) groups is 1. The van der Waals surface area contributed by atoms with Gasteiger partial charge in [-0.2, -0.15) is 0 Å². The molecule has 0 spiro atoms. The van der Waals surface area contributed by atoms with Gasteiger partial charge in [-0.1, -0.05) is 18.7 Å². The molecular weight excluding hydrogens is 457 g/mol. The first-order valence-electron chi connectivity index (χ1n) is 11.3. The average Bonchev–Trinajstić information content (AvgIpc) is 3.71. The zero-order valence-corrected chi connectivity index (χ0v) is 20.2. The summed E-state index contributed by atoms with van der Waals surface area (Å²) < 4.78 is 25.9. The minimum absolute atomic E-state index is 0.0778. The van der Waals surface area contributed by atoms with Crippen molar-refractivity contribution in [1.82, 2.24) is 9.97 Å². The molecule has 2 aromatic rings. The molecule has 0 radical (unpaired) electrons. The van der Waals surface area contributed by atoms with Crippen molar-refractivity contribution in [2.75, 3.05) is 25.6 Å². The topological polar surface area (TPSA) is 112 Å². The van der Waals surface area contributed by atoms with Crippen LogP contribution in [0.25, 0.3) is 0 Å². The minimum atomic E-state index is -0.852. The molecule has 180 valence electrons. The number of anilines is 1. The third-order valence-electron chi connectivity index (χ3n) is 7.04. The van der Waals surface area contributed by atoms with Gasteiger partial charge in [-0.15, -0.1) is 0 Å². The number of fused-ring (bicyclic) bond motifs is 1. The van der Waals surface area contributed by atoms with Gasteiger partial charge in [0.25, 0.3) is 5.91 Å². The molecule has 2 saturated carbocycles. The van der Waals surface area contributed by atoms with Crippen molar-refractivity contribution in [2.45, 2.75) is 43.4 Å². The number of carbonyl (C=O) groups excluding carboxylic acids is 1. The van der Waals surface area contributed by atoms with E-state index in [1.165, 1.54) is 36.3 Å². The van der Waals surface area contributed by atoms with E-state index in [9.17, 15) is 9.18 Å². The molecule has 1 aromatic carbocycles. The molecule has 2 heterocycles. The first-order valence-corrected chi connectivity index (χ1v) is 12.1. The van der Waals surface area contributed by atoms with Crippen molar-refractivity contribution in [3.8, 4) is 5.88 Å². The van der Waals surface area contributed by atoms with Crippen LogP contribution in [0, 0.1) is 17.2 Å². The maximum absolute atomic E-state index is 15.0. The fourth-order valence-corrected chi connectivity index (χ4v) is 6.08. The number of aromatic nitrogens is 2. The number of aliphatic imine (C=N–C) groups is 1. The molecule has 1 aromatic heterocycles. The van der Waals surface area contributed by atoms with Gasteiger partial charge >= 0.3 is 0 Å². The molecule has 3 N–H and O–H groups in total. The molecule has 1 aliphatic heterocycles. The van der Waals surface area contributed by atoms with Crippen molar-refractivity contribution in [3.05, 3.63) is 47.7 Å². The Morgan fingerprint density at radius 2 is 2.06 bits per heavy atom. The van der Waals surface area contributed by atoms with Crippen LogP contribution in [0.15, 0.2) is 35.6 Å². The summed E-state index contributed by atoms with van der Waals surface area (Å²) in [4.78, 5) is 25.7. The average molecular weight is 486 g/mol. The van der Waals surface area contributed by atoms with E-state index in [1.54, 1.807) is 13.2 Å². The van der Waals surface area contributed by atoms with Crippen LogP contribution in [0.3, 0.4) is 0 Å². The number of nitrogens with two attached hydrogens (primary N) is 1. The Morgan fingerprint density at radius 3 is 2.74 bits per heavy atom. The summed E-state index contributed by atoms with van der Waals surface area (Å²) in [7, 11) is 1.65. The third kappa shape index (κ3) is 4.24. The smallest absolute Gasteiger partial charge is 0.275 e. The minimum Gasteiger partial charge on any atom is -0.476 e. The van der Waals surface area contributed by atoms with Crippen molar-refractivity contribution in [3.63, 3.8) is 0 Å². The van der Waals surface area contributed by atoms with Gasteiger partial charge in [-0.05, 0) is 44.4 Å². The number of amidine groups is 1. The Kier molecular flexibility index (Phi) is 5.55. The highest BCUT2D eigenvalue weighted by atomic mass is 32.2. The molecule has 2 fully saturated rings. The maximum atomic E-state index is 15.0. The molecule has 34 heavy (non-hydrogen) atoms. The zero-order valence-electron chi connectivity index (χ0n) is 19.4. The monoisotopic (exact) mass is 485 g/mol. The molecule has 0 unspecified atom stereocenters. The quantitative estimate of drug-likeness (QED) is 0.586. The Morgan fingerprint density at radius 1 is 1.26 bits per heavy atom. The van der Waals surface area contributed by atoms with Gasteiger partial charge in [0, 0.05) is 29.7 Å². The van der Waals surface area contributed by atoms with Crippen LogP contribution in [0.4, 0.5) is 10.1 Å². The van der Waals surface area contributed by atoms with E-state index in [2.05, 4.69) is 27.2 Å². The predicted octanol–water partition coefficient (Wildman–Crippen LogP) is 3.73. The number of nitrogens with zero attached hydrogens (tertiary/aromatic N) is 3. The van der Waals surface area contributed by atoms with Crippen molar-refractivity contribution in [2.24, 2.45) is 22.1 Å². The van der Waals surface area contributed by atoms with Gasteiger partial charge < -0.3 is 20.5 Å². The summed E-state index contributed by atoms with van der Waals surface area (Å²) in [6.07, 6.45) is 5.93. The van der Waals surface area contributed by atoms with Gasteiger partial charge in [0.05, 0.1) is 35.9 Å². The Balaban J connectivity index is 1.32. The Bertz CT molecular complexity index is 1160. The summed E-state index contributed by atoms with van der Waals surface area (Å²) >= 11 is 1.50. The second-order valence-corrected chi connectivity index (χ2v) is 11.4. The van der Waals surface area contributed by atoms with Gasteiger partial charge in [0.1, 0.15) is 11.5 Å². The number of hydrogen-bond acceptors (Lipinski definition) is 8. The molecular formula is C24H28FN5O3S. The van der Waals surface area contributed by atoms with Gasteiger partial charge in [0.2, 0.25) is 5.88 Å². The molecule has 2 aliphatic carbocycles. The number of rotatable bonds is 8. The summed E-state index contributed by atoms with van der Waals surface area (Å²) in [6.45, 7) is 5.15. The Labute approximate surface area is 201 Å². The van der Waals surface area contributed by atoms with Crippen LogP contribution in [0.2, 0.25) is 0 Å². The van der Waals surface area contributed by atoms with Crippen LogP contribution in [0.1, 0.15) is 49.2 Å². The number of methoxy groups -OCH3 is 1. The van der Waals surface area contributed by atoms with Crippen LogP contribution in [0.5, 0.6) is 5.88 Å². The van der Waals surface area contributed by atoms with Gasteiger partial charge in [-0.25, -0.2) is 14.4 Å². The van der Waals surface area contributed by atoms with Crippen LogP contribution in [-0.2, 0) is 10.3 Å². The van der Waals surface area contributed by atoms with Crippen LogP contribution in [-0.4, -0.2) is 46.1 Å². The number of amides is 1. The second-order valence-electron chi connectivity index (χ2n) is 9.94. The lowest BCUT2D eigenvalue weighted by atomic mass is 9.85. The number of hydrogen-bond donors (Lipinski definition) is 2. The zero-order chi connectivity index (χ0) is 24.1. The summed E-state index contributed by atoms with van der Waals surface area (Å²) in [5.41, 5.74) is 6.47. The van der Waals surface area contributed by atoms with Crippen molar-refractivity contribution in [1.29, 1.82) is 0 Å². The number of benzene rings is 1. The molecule has 5 rings (SSSR count). The molecule has 0 saturated heterocycles. The van der Waals surface area contributed by atoms with E-state index < -0.39 is 17.3 Å². The normalized spacial score (nSPS) is 28.5. The predicted molar refractivity (Wildman–Crippen MR) is 129 cm³/mol. The number of nitrogens with one attached hydrogen (secondary N) is 1. The van der Waals surface area contributed by atoms with E-state index in [0.717, 1.165) is 19.3 Å². The highest BCUT2D eigenvalue weighted by Crippen LogP contribution is 2.66. The second kappa shape index (κ2) is 8.20. The van der Waals surface area contributed by atoms with E-state index in [0.29, 0.717) is 35.5 Å². The maximum Gasteiger partial charge on any atom is 0.275 e. The van der Waals surface area contributed by atoms with E-state index >= 15 is 0 Å². The first kappa shape index (κ1) is 23.0. The fourth-order valence-electron chi connectivity index (χ4n) is 4.63. The van der Waals surface area contributed by atoms with Gasteiger partial charge in [0.15, 0.2) is 5.17 Å². The summed E-state index contributed by atoms with van der Waals surface area (Å²) in [5.74, 6) is -0.378. The van der Waals surface area contributed by atoms with Crippen molar-refractivity contribution < 1.29 is 18.7 Å². The molecule has 1 amide bonds. The number of carbonyl (C=O) groups is 1. The lowest BCUT2D eigenvalue weighted by Crippen LogP contribution is -2.37. The van der Waals surface area contributed by atoms with Crippen molar-refractivity contribution >= 4 is 28.5 Å². The SMILES string of the molecule is COC[C@]12C[C@H]1[C@](C)(c1cc(NC(=O)c3cnc(OCC4(C)CC4)cn3)ccc1F)N=C(N)S2. The van der Waals surface area contributed by atoms with Crippen LogP contribution < -0.4 is 15.8 Å². The number of halogens is 1. The Hall–Kier alpha value is -2.72. The highest BCUT2D eigenvalue weighted by Gasteiger charge is 2.66. The first-order chi connectivity index (χ1) is 16.2. The molecule has 10 heteroatoms. The molecule has 0 bridgehead atoms. The molecule has 8 nitrogen and oxygen atoms in total. The van der Waals surface area contributed by atoms with E-state index in [1.807, 2.05) is 6.92 Å². The third-order valence-corrected chi connectivity index (χ3v) is 8.32. The largest absolute Gasteiger partial charge is 0.476 e. The standard InChI is InChI=1S/C24H28FN5O3S/c1-22(6-7-22)12-33-19-11-27-17(10-28-19)20(31)29-14-4-5-16(25)15(8-14)23(2)18-9-24(18,13-32-3)34-21(26)30-23/h4-5,8,10-11,18H,6-7,9,12-13H2,1-3H3,(H2,26,30)(H,29,31)/t18-,23-,24+/m0/s1. The lowest BCUT2D eigenvalue weighted by molar-refractivity contribution is 0.102. The van der Waals surface area contributed by atoms with Crippen LogP contribution >= 0.6 is 11.8 Å². The lowest BCUT2D eigenvalue weighted by Gasteiger charge is -2.34.